The number of H-pyrrole nitrogens is 1. The monoisotopic (exact) mass is 286 g/mol. The van der Waals surface area contributed by atoms with Crippen LogP contribution in [0.25, 0.3) is 10.9 Å². The van der Waals surface area contributed by atoms with Gasteiger partial charge in [0.15, 0.2) is 0 Å². The normalized spacial score (nSPS) is 18.9. The number of rotatable bonds is 3. The van der Waals surface area contributed by atoms with E-state index in [9.17, 15) is 4.79 Å². The largest absolute Gasteiger partial charge is 0.379 e. The van der Waals surface area contributed by atoms with Gasteiger partial charge >= 0.3 is 0 Å². The molecule has 3 rings (SSSR count). The molecule has 0 spiro atoms. The van der Waals surface area contributed by atoms with Gasteiger partial charge in [-0.15, -0.1) is 0 Å². The number of aryl methyl sites for hydroxylation is 2. The molecule has 1 aliphatic heterocycles. The first kappa shape index (κ1) is 14.1. The molecule has 0 radical (unpaired) electrons. The first-order valence-corrected chi connectivity index (χ1v) is 7.69. The van der Waals surface area contributed by atoms with Crippen LogP contribution in [-0.2, 0) is 11.2 Å². The van der Waals surface area contributed by atoms with Crippen LogP contribution in [0.3, 0.4) is 0 Å². The molecule has 1 aromatic heterocycles. The molecule has 0 aliphatic carbocycles. The zero-order valence-corrected chi connectivity index (χ0v) is 12.7. The fourth-order valence-electron chi connectivity index (χ4n) is 3.00. The Kier molecular flexibility index (Phi) is 3.97. The van der Waals surface area contributed by atoms with Gasteiger partial charge in [0.2, 0.25) is 0 Å². The molecule has 0 unspecified atom stereocenters. The lowest BCUT2D eigenvalue weighted by Crippen LogP contribution is -2.40. The Morgan fingerprint density at radius 1 is 1.48 bits per heavy atom. The molecule has 112 valence electrons. The summed E-state index contributed by atoms with van der Waals surface area (Å²) in [6.07, 6.45) is 2.99. The molecule has 1 aromatic carbocycles. The lowest BCUT2D eigenvalue weighted by Gasteiger charge is -2.23. The molecule has 1 saturated heterocycles. The quantitative estimate of drug-likeness (QED) is 0.911. The number of aromatic nitrogens is 1. The van der Waals surface area contributed by atoms with E-state index in [0.29, 0.717) is 6.61 Å². The maximum absolute atomic E-state index is 12.4. The van der Waals surface area contributed by atoms with Crippen LogP contribution in [0.5, 0.6) is 0 Å². The number of hydrogen-bond acceptors (Lipinski definition) is 2. The van der Waals surface area contributed by atoms with Crippen LogP contribution in [-0.4, -0.2) is 30.1 Å². The number of carbonyl (C=O) groups excluding carboxylic acids is 1. The smallest absolute Gasteiger partial charge is 0.251 e. The summed E-state index contributed by atoms with van der Waals surface area (Å²) < 4.78 is 5.41. The van der Waals surface area contributed by atoms with E-state index in [1.807, 2.05) is 18.2 Å². The molecular weight excluding hydrogens is 264 g/mol. The van der Waals surface area contributed by atoms with Gasteiger partial charge in [-0.25, -0.2) is 0 Å². The number of aromatic amines is 1. The van der Waals surface area contributed by atoms with Gasteiger partial charge in [-0.05, 0) is 49.9 Å². The fourth-order valence-corrected chi connectivity index (χ4v) is 3.00. The molecule has 1 atom stereocenters. The van der Waals surface area contributed by atoms with E-state index >= 15 is 0 Å². The molecule has 2 aromatic rings. The summed E-state index contributed by atoms with van der Waals surface area (Å²) in [6.45, 7) is 5.67. The maximum Gasteiger partial charge on any atom is 0.251 e. The Labute approximate surface area is 124 Å². The standard InChI is InChI=1S/C17H22N2O2/c1-3-15-11(2)14-9-12(6-7-16(14)19-15)17(20)18-13-5-4-8-21-10-13/h6-7,9,13,19H,3-5,8,10H2,1-2H3,(H,18,20)/t13-/m1/s1. The fraction of sp³-hybridized carbons (Fsp3) is 0.471. The second-order valence-electron chi connectivity index (χ2n) is 5.73. The minimum absolute atomic E-state index is 0.00829. The summed E-state index contributed by atoms with van der Waals surface area (Å²) in [4.78, 5) is 15.8. The van der Waals surface area contributed by atoms with E-state index in [2.05, 4.69) is 24.1 Å². The summed E-state index contributed by atoms with van der Waals surface area (Å²) in [7, 11) is 0. The van der Waals surface area contributed by atoms with Crippen molar-refractivity contribution in [3.63, 3.8) is 0 Å². The highest BCUT2D eigenvalue weighted by atomic mass is 16.5. The number of benzene rings is 1. The molecule has 0 bridgehead atoms. The van der Waals surface area contributed by atoms with Crippen LogP contribution >= 0.6 is 0 Å². The van der Waals surface area contributed by atoms with Crippen LogP contribution in [0.15, 0.2) is 18.2 Å². The second-order valence-corrected chi connectivity index (χ2v) is 5.73. The molecule has 1 fully saturated rings. The number of fused-ring (bicyclic) bond motifs is 1. The summed E-state index contributed by atoms with van der Waals surface area (Å²) in [6, 6.07) is 6.00. The molecule has 1 aliphatic rings. The number of amides is 1. The second kappa shape index (κ2) is 5.90. The van der Waals surface area contributed by atoms with Gasteiger partial charge < -0.3 is 15.0 Å². The molecule has 4 nitrogen and oxygen atoms in total. The highest BCUT2D eigenvalue weighted by Gasteiger charge is 2.17. The van der Waals surface area contributed by atoms with Crippen LogP contribution < -0.4 is 5.32 Å². The van der Waals surface area contributed by atoms with Crippen molar-refractivity contribution < 1.29 is 9.53 Å². The van der Waals surface area contributed by atoms with Gasteiger partial charge in [0.25, 0.3) is 5.91 Å². The highest BCUT2D eigenvalue weighted by molar-refractivity contribution is 5.99. The van der Waals surface area contributed by atoms with Gasteiger partial charge in [0.1, 0.15) is 0 Å². The van der Waals surface area contributed by atoms with E-state index in [-0.39, 0.29) is 11.9 Å². The molecule has 21 heavy (non-hydrogen) atoms. The van der Waals surface area contributed by atoms with Gasteiger partial charge in [-0.2, -0.15) is 0 Å². The number of hydrogen-bond donors (Lipinski definition) is 2. The molecule has 1 amide bonds. The Morgan fingerprint density at radius 3 is 3.05 bits per heavy atom. The summed E-state index contributed by atoms with van der Waals surface area (Å²) in [5.41, 5.74) is 4.30. The van der Waals surface area contributed by atoms with E-state index in [1.54, 1.807) is 0 Å². The minimum atomic E-state index is -0.00829. The van der Waals surface area contributed by atoms with Crippen molar-refractivity contribution >= 4 is 16.8 Å². The van der Waals surface area contributed by atoms with Crippen LogP contribution in [0.1, 0.15) is 41.4 Å². The van der Waals surface area contributed by atoms with E-state index < -0.39 is 0 Å². The number of nitrogens with one attached hydrogen (secondary N) is 2. The molecule has 4 heteroatoms. The lowest BCUT2D eigenvalue weighted by molar-refractivity contribution is 0.0624. The Hall–Kier alpha value is -1.81. The Bertz CT molecular complexity index is 654. The SMILES string of the molecule is CCc1[nH]c2ccc(C(=O)N[C@@H]3CCCOC3)cc2c1C. The van der Waals surface area contributed by atoms with Crippen molar-refractivity contribution in [3.8, 4) is 0 Å². The average Bonchev–Trinajstić information content (AvgIpc) is 2.84. The lowest BCUT2D eigenvalue weighted by atomic mass is 10.1. The Morgan fingerprint density at radius 2 is 2.33 bits per heavy atom. The Balaban J connectivity index is 1.82. The average molecular weight is 286 g/mol. The molecule has 2 N–H and O–H groups in total. The minimum Gasteiger partial charge on any atom is -0.379 e. The number of ether oxygens (including phenoxy) is 1. The zero-order chi connectivity index (χ0) is 14.8. The van der Waals surface area contributed by atoms with Gasteiger partial charge in [0, 0.05) is 28.8 Å². The van der Waals surface area contributed by atoms with Crippen molar-refractivity contribution in [3.05, 3.63) is 35.0 Å². The molecule has 2 heterocycles. The van der Waals surface area contributed by atoms with E-state index in [1.165, 1.54) is 11.3 Å². The van der Waals surface area contributed by atoms with Crippen LogP contribution in [0.4, 0.5) is 0 Å². The summed E-state index contributed by atoms with van der Waals surface area (Å²) >= 11 is 0. The third-order valence-corrected chi connectivity index (χ3v) is 4.27. The predicted molar refractivity (Wildman–Crippen MR) is 83.7 cm³/mol. The third-order valence-electron chi connectivity index (χ3n) is 4.27. The van der Waals surface area contributed by atoms with Crippen molar-refractivity contribution in [2.45, 2.75) is 39.2 Å². The van der Waals surface area contributed by atoms with E-state index in [0.717, 1.165) is 42.3 Å². The number of carbonyl (C=O) groups is 1. The van der Waals surface area contributed by atoms with Crippen LogP contribution in [0, 0.1) is 6.92 Å². The van der Waals surface area contributed by atoms with Crippen molar-refractivity contribution in [1.29, 1.82) is 0 Å². The topological polar surface area (TPSA) is 54.1 Å². The van der Waals surface area contributed by atoms with Crippen molar-refractivity contribution in [2.75, 3.05) is 13.2 Å². The summed E-state index contributed by atoms with van der Waals surface area (Å²) in [5, 5.41) is 4.20. The predicted octanol–water partition coefficient (Wildman–Crippen LogP) is 2.95. The van der Waals surface area contributed by atoms with Gasteiger partial charge in [0.05, 0.1) is 12.6 Å². The highest BCUT2D eigenvalue weighted by Crippen LogP contribution is 2.23. The first-order chi connectivity index (χ1) is 10.2. The zero-order valence-electron chi connectivity index (χ0n) is 12.7. The third kappa shape index (κ3) is 2.81. The van der Waals surface area contributed by atoms with Gasteiger partial charge in [-0.3, -0.25) is 4.79 Å². The van der Waals surface area contributed by atoms with Crippen LogP contribution in [0.2, 0.25) is 0 Å². The first-order valence-electron chi connectivity index (χ1n) is 7.69. The van der Waals surface area contributed by atoms with Gasteiger partial charge in [-0.1, -0.05) is 6.92 Å². The maximum atomic E-state index is 12.4. The summed E-state index contributed by atoms with van der Waals surface area (Å²) in [5.74, 6) is -0.00829. The molecule has 0 saturated carbocycles. The van der Waals surface area contributed by atoms with E-state index in [4.69, 9.17) is 4.74 Å². The molecular formula is C17H22N2O2. The van der Waals surface area contributed by atoms with Crippen molar-refractivity contribution in [1.82, 2.24) is 10.3 Å². The van der Waals surface area contributed by atoms with Crippen molar-refractivity contribution in [2.24, 2.45) is 0 Å².